The lowest BCUT2D eigenvalue weighted by molar-refractivity contribution is 0.0520. The van der Waals surface area contributed by atoms with E-state index in [2.05, 4.69) is 29.0 Å². The van der Waals surface area contributed by atoms with Gasteiger partial charge in [0.05, 0.1) is 30.8 Å². The van der Waals surface area contributed by atoms with Crippen LogP contribution >= 0.6 is 0 Å². The number of ether oxygens (including phenoxy) is 1. The molecule has 3 rings (SSSR count). The molecule has 1 saturated heterocycles. The molecule has 1 fully saturated rings. The molecule has 0 aromatic carbocycles. The van der Waals surface area contributed by atoms with Crippen molar-refractivity contribution in [2.24, 2.45) is 0 Å². The highest BCUT2D eigenvalue weighted by molar-refractivity contribution is 5.95. The van der Waals surface area contributed by atoms with Gasteiger partial charge in [-0.25, -0.2) is 4.98 Å². The SMILES string of the molecule is CC(C)OCCN1CCC(NC(=O)c2ccn3cncc3c2)CC1. The van der Waals surface area contributed by atoms with Crippen molar-refractivity contribution in [2.75, 3.05) is 26.2 Å². The van der Waals surface area contributed by atoms with E-state index < -0.39 is 0 Å². The Morgan fingerprint density at radius 1 is 1.42 bits per heavy atom. The number of nitrogens with zero attached hydrogens (tertiary/aromatic N) is 3. The van der Waals surface area contributed by atoms with Gasteiger partial charge in [-0.05, 0) is 38.8 Å². The molecule has 2 aromatic heterocycles. The Morgan fingerprint density at radius 2 is 2.21 bits per heavy atom. The molecule has 24 heavy (non-hydrogen) atoms. The van der Waals surface area contributed by atoms with Gasteiger partial charge < -0.3 is 19.4 Å². The second-order valence-electron chi connectivity index (χ2n) is 6.65. The molecule has 0 radical (unpaired) electrons. The third kappa shape index (κ3) is 4.33. The molecule has 3 heterocycles. The number of carbonyl (C=O) groups excluding carboxylic acids is 1. The average molecular weight is 330 g/mol. The van der Waals surface area contributed by atoms with Crippen LogP contribution in [0.4, 0.5) is 0 Å². The van der Waals surface area contributed by atoms with Crippen molar-refractivity contribution in [3.63, 3.8) is 0 Å². The number of imidazole rings is 1. The molecule has 6 nitrogen and oxygen atoms in total. The largest absolute Gasteiger partial charge is 0.377 e. The number of fused-ring (bicyclic) bond motifs is 1. The van der Waals surface area contributed by atoms with Gasteiger partial charge in [0.25, 0.3) is 5.91 Å². The number of rotatable bonds is 6. The van der Waals surface area contributed by atoms with Crippen molar-refractivity contribution in [3.05, 3.63) is 36.4 Å². The number of likely N-dealkylation sites (tertiary alicyclic amines) is 1. The molecular weight excluding hydrogens is 304 g/mol. The number of aromatic nitrogens is 2. The first-order valence-corrected chi connectivity index (χ1v) is 8.68. The van der Waals surface area contributed by atoms with E-state index in [0.717, 1.165) is 44.6 Å². The van der Waals surface area contributed by atoms with E-state index in [9.17, 15) is 4.79 Å². The number of hydrogen-bond donors (Lipinski definition) is 1. The summed E-state index contributed by atoms with van der Waals surface area (Å²) >= 11 is 0. The molecule has 0 aliphatic carbocycles. The minimum atomic E-state index is 0.000270. The molecule has 1 amide bonds. The summed E-state index contributed by atoms with van der Waals surface area (Å²) in [4.78, 5) is 18.9. The van der Waals surface area contributed by atoms with Crippen LogP contribution in [0, 0.1) is 0 Å². The van der Waals surface area contributed by atoms with Crippen LogP contribution in [-0.4, -0.2) is 58.6 Å². The Bertz CT molecular complexity index is 674. The third-order valence-corrected chi connectivity index (χ3v) is 4.46. The fourth-order valence-electron chi connectivity index (χ4n) is 3.05. The molecule has 0 bridgehead atoms. The van der Waals surface area contributed by atoms with Crippen molar-refractivity contribution < 1.29 is 9.53 Å². The molecule has 1 aliphatic rings. The van der Waals surface area contributed by atoms with E-state index in [-0.39, 0.29) is 18.1 Å². The van der Waals surface area contributed by atoms with E-state index in [0.29, 0.717) is 5.56 Å². The zero-order valence-corrected chi connectivity index (χ0v) is 14.4. The maximum Gasteiger partial charge on any atom is 0.251 e. The van der Waals surface area contributed by atoms with Gasteiger partial charge in [0.2, 0.25) is 0 Å². The molecule has 0 unspecified atom stereocenters. The van der Waals surface area contributed by atoms with E-state index in [1.165, 1.54) is 0 Å². The Balaban J connectivity index is 1.46. The quantitative estimate of drug-likeness (QED) is 0.879. The van der Waals surface area contributed by atoms with Crippen LogP contribution in [-0.2, 0) is 4.74 Å². The summed E-state index contributed by atoms with van der Waals surface area (Å²) in [5, 5.41) is 3.16. The van der Waals surface area contributed by atoms with Gasteiger partial charge in [-0.3, -0.25) is 4.79 Å². The minimum Gasteiger partial charge on any atom is -0.377 e. The van der Waals surface area contributed by atoms with Crippen LogP contribution < -0.4 is 5.32 Å². The Hall–Kier alpha value is -1.92. The summed E-state index contributed by atoms with van der Waals surface area (Å²) in [6.45, 7) is 7.88. The minimum absolute atomic E-state index is 0.000270. The molecule has 0 saturated carbocycles. The van der Waals surface area contributed by atoms with Crippen LogP contribution in [0.15, 0.2) is 30.9 Å². The molecule has 0 atom stereocenters. The van der Waals surface area contributed by atoms with E-state index in [1.807, 2.05) is 22.7 Å². The van der Waals surface area contributed by atoms with Crippen molar-refractivity contribution in [1.29, 1.82) is 0 Å². The first kappa shape index (κ1) is 16.9. The maximum atomic E-state index is 12.4. The van der Waals surface area contributed by atoms with Crippen LogP contribution in [0.3, 0.4) is 0 Å². The van der Waals surface area contributed by atoms with Crippen molar-refractivity contribution in [1.82, 2.24) is 19.6 Å². The molecule has 130 valence electrons. The first-order valence-electron chi connectivity index (χ1n) is 8.68. The number of piperidine rings is 1. The fourth-order valence-corrected chi connectivity index (χ4v) is 3.05. The van der Waals surface area contributed by atoms with Crippen LogP contribution in [0.25, 0.3) is 5.52 Å². The van der Waals surface area contributed by atoms with Crippen molar-refractivity contribution in [2.45, 2.75) is 38.8 Å². The lowest BCUT2D eigenvalue weighted by Crippen LogP contribution is -2.45. The number of pyridine rings is 1. The molecule has 6 heteroatoms. The molecule has 1 aliphatic heterocycles. The van der Waals surface area contributed by atoms with Gasteiger partial charge >= 0.3 is 0 Å². The second kappa shape index (κ2) is 7.77. The number of hydrogen-bond acceptors (Lipinski definition) is 4. The smallest absolute Gasteiger partial charge is 0.251 e. The van der Waals surface area contributed by atoms with Gasteiger partial charge in [-0.1, -0.05) is 0 Å². The van der Waals surface area contributed by atoms with Gasteiger partial charge in [-0.15, -0.1) is 0 Å². The topological polar surface area (TPSA) is 58.9 Å². The van der Waals surface area contributed by atoms with Crippen LogP contribution in [0.2, 0.25) is 0 Å². The standard InChI is InChI=1S/C18H26N4O2/c1-14(2)24-10-9-21-6-4-16(5-7-21)20-18(23)15-3-8-22-13-19-12-17(22)11-15/h3,8,11-14,16H,4-7,9-10H2,1-2H3,(H,20,23). The van der Waals surface area contributed by atoms with E-state index in [4.69, 9.17) is 4.74 Å². The lowest BCUT2D eigenvalue weighted by Gasteiger charge is -2.32. The Labute approximate surface area is 142 Å². The predicted molar refractivity (Wildman–Crippen MR) is 93.2 cm³/mol. The van der Waals surface area contributed by atoms with Crippen molar-refractivity contribution >= 4 is 11.4 Å². The van der Waals surface area contributed by atoms with Crippen LogP contribution in [0.1, 0.15) is 37.0 Å². The summed E-state index contributed by atoms with van der Waals surface area (Å²) < 4.78 is 7.50. The second-order valence-corrected chi connectivity index (χ2v) is 6.65. The highest BCUT2D eigenvalue weighted by Crippen LogP contribution is 2.12. The zero-order valence-electron chi connectivity index (χ0n) is 14.4. The predicted octanol–water partition coefficient (Wildman–Crippen LogP) is 1.95. The van der Waals surface area contributed by atoms with E-state index in [1.54, 1.807) is 12.5 Å². The van der Waals surface area contributed by atoms with Gasteiger partial charge in [0, 0.05) is 37.4 Å². The number of nitrogens with one attached hydrogen (secondary N) is 1. The summed E-state index contributed by atoms with van der Waals surface area (Å²) in [5.41, 5.74) is 1.62. The molecule has 0 spiro atoms. The highest BCUT2D eigenvalue weighted by atomic mass is 16.5. The molecular formula is C18H26N4O2. The summed E-state index contributed by atoms with van der Waals surface area (Å²) in [5.74, 6) is 0.000270. The van der Waals surface area contributed by atoms with Gasteiger partial charge in [-0.2, -0.15) is 0 Å². The van der Waals surface area contributed by atoms with Gasteiger partial charge in [0.15, 0.2) is 0 Å². The van der Waals surface area contributed by atoms with E-state index >= 15 is 0 Å². The number of amides is 1. The van der Waals surface area contributed by atoms with Crippen molar-refractivity contribution in [3.8, 4) is 0 Å². The molecule has 1 N–H and O–H groups in total. The summed E-state index contributed by atoms with van der Waals surface area (Å²) in [6, 6.07) is 3.96. The molecule has 2 aromatic rings. The average Bonchev–Trinajstić information content (AvgIpc) is 3.03. The third-order valence-electron chi connectivity index (χ3n) is 4.46. The number of carbonyl (C=O) groups is 1. The summed E-state index contributed by atoms with van der Waals surface area (Å²) in [7, 11) is 0. The Morgan fingerprint density at radius 3 is 2.96 bits per heavy atom. The monoisotopic (exact) mass is 330 g/mol. The van der Waals surface area contributed by atoms with Gasteiger partial charge in [0.1, 0.15) is 0 Å². The lowest BCUT2D eigenvalue weighted by atomic mass is 10.0. The highest BCUT2D eigenvalue weighted by Gasteiger charge is 2.21. The summed E-state index contributed by atoms with van der Waals surface area (Å²) in [6.07, 6.45) is 7.62. The first-order chi connectivity index (χ1) is 11.6. The maximum absolute atomic E-state index is 12.4. The van der Waals surface area contributed by atoms with Crippen LogP contribution in [0.5, 0.6) is 0 Å². The normalized spacial score (nSPS) is 16.8. The fraction of sp³-hybridized carbons (Fsp3) is 0.556. The zero-order chi connectivity index (χ0) is 16.9. The Kier molecular flexibility index (Phi) is 5.48.